The number of hydrogen-bond acceptors (Lipinski definition) is 5. The van der Waals surface area contributed by atoms with E-state index in [2.05, 4.69) is 10.6 Å². The van der Waals surface area contributed by atoms with Crippen molar-refractivity contribution in [1.29, 1.82) is 0 Å². The van der Waals surface area contributed by atoms with E-state index in [1.165, 1.54) is 18.6 Å². The normalized spacial score (nSPS) is 21.7. The van der Waals surface area contributed by atoms with Crippen LogP contribution >= 0.6 is 0 Å². The Hall–Kier alpha value is -3.17. The minimum absolute atomic E-state index is 0.0852. The molecule has 4 amide bonds. The van der Waals surface area contributed by atoms with Crippen molar-refractivity contribution in [1.82, 2.24) is 20.4 Å². The maximum atomic E-state index is 14.2. The van der Waals surface area contributed by atoms with Crippen molar-refractivity contribution in [3.63, 3.8) is 0 Å². The largest absolute Gasteiger partial charge is 0.444 e. The molecule has 2 heterocycles. The van der Waals surface area contributed by atoms with Crippen LogP contribution in [0.25, 0.3) is 0 Å². The lowest BCUT2D eigenvalue weighted by molar-refractivity contribution is -0.147. The lowest BCUT2D eigenvalue weighted by Gasteiger charge is -2.48. The topological polar surface area (TPSA) is 108 Å². The number of benzene rings is 1. The van der Waals surface area contributed by atoms with Crippen molar-refractivity contribution in [2.45, 2.75) is 123 Å². The number of likely N-dealkylation sites (tertiary alicyclic amines) is 2. The van der Waals surface area contributed by atoms with Gasteiger partial charge in [-0.2, -0.15) is 0 Å². The zero-order chi connectivity index (χ0) is 33.7. The molecule has 3 fully saturated rings. The summed E-state index contributed by atoms with van der Waals surface area (Å²) >= 11 is 0. The Morgan fingerprint density at radius 1 is 0.891 bits per heavy atom. The van der Waals surface area contributed by atoms with Crippen molar-refractivity contribution in [2.24, 2.45) is 17.3 Å². The van der Waals surface area contributed by atoms with Crippen molar-refractivity contribution in [3.05, 3.63) is 35.6 Å². The highest BCUT2D eigenvalue weighted by atomic mass is 19.1. The second-order valence-electron chi connectivity index (χ2n) is 15.7. The molecule has 0 unspecified atom stereocenters. The van der Waals surface area contributed by atoms with Gasteiger partial charge in [0, 0.05) is 38.1 Å². The molecule has 10 heteroatoms. The van der Waals surface area contributed by atoms with Crippen LogP contribution in [0.4, 0.5) is 9.18 Å². The minimum Gasteiger partial charge on any atom is -0.444 e. The molecule has 1 aromatic rings. The maximum Gasteiger partial charge on any atom is 0.410 e. The molecule has 0 bridgehead atoms. The Morgan fingerprint density at radius 2 is 1.52 bits per heavy atom. The number of nitrogens with one attached hydrogen (secondary N) is 2. The van der Waals surface area contributed by atoms with Gasteiger partial charge in [0.05, 0.1) is 11.3 Å². The van der Waals surface area contributed by atoms with E-state index >= 15 is 0 Å². The predicted molar refractivity (Wildman–Crippen MR) is 175 cm³/mol. The summed E-state index contributed by atoms with van der Waals surface area (Å²) in [5.41, 5.74) is -0.783. The summed E-state index contributed by atoms with van der Waals surface area (Å²) in [5.74, 6) is -0.968. The third-order valence-corrected chi connectivity index (χ3v) is 9.71. The highest BCUT2D eigenvalue weighted by molar-refractivity contribution is 5.90. The monoisotopic (exact) mass is 642 g/mol. The van der Waals surface area contributed by atoms with E-state index < -0.39 is 29.1 Å². The molecule has 256 valence electrons. The smallest absolute Gasteiger partial charge is 0.410 e. The van der Waals surface area contributed by atoms with Gasteiger partial charge in [-0.05, 0) is 104 Å². The Labute approximate surface area is 274 Å². The first-order valence-corrected chi connectivity index (χ1v) is 17.2. The standard InChI is InChI=1S/C36H55FN4O5/c1-34(2,3)39-32(44)36(27-12-8-7-9-13-27)18-21-40(22-19-36)31(43)29(23-25-14-16-28(37)17-15-25)38-30(42)26-11-10-20-41(24-26)33(45)46-35(4,5)6/h14-17,26-27,29H,7-13,18-24H2,1-6H3,(H,38,42)(H,39,44)/t26-,29-/m1/s1. The highest BCUT2D eigenvalue weighted by Gasteiger charge is 2.49. The first-order valence-electron chi connectivity index (χ1n) is 17.2. The molecule has 3 aliphatic rings. The van der Waals surface area contributed by atoms with Crippen LogP contribution in [0.1, 0.15) is 105 Å². The van der Waals surface area contributed by atoms with Gasteiger partial charge in [0.2, 0.25) is 17.7 Å². The van der Waals surface area contributed by atoms with Crippen molar-refractivity contribution >= 4 is 23.8 Å². The second kappa shape index (κ2) is 14.7. The van der Waals surface area contributed by atoms with Crippen LogP contribution in [0.2, 0.25) is 0 Å². The van der Waals surface area contributed by atoms with Crippen LogP contribution < -0.4 is 10.6 Å². The number of nitrogens with zero attached hydrogens (tertiary/aromatic N) is 2. The van der Waals surface area contributed by atoms with Crippen LogP contribution in [0.5, 0.6) is 0 Å². The second-order valence-corrected chi connectivity index (χ2v) is 15.7. The highest BCUT2D eigenvalue weighted by Crippen LogP contribution is 2.46. The summed E-state index contributed by atoms with van der Waals surface area (Å²) in [6, 6.07) is 5.11. The van der Waals surface area contributed by atoms with E-state index in [1.807, 2.05) is 41.5 Å². The van der Waals surface area contributed by atoms with Gasteiger partial charge >= 0.3 is 6.09 Å². The Balaban J connectivity index is 1.49. The van der Waals surface area contributed by atoms with E-state index in [9.17, 15) is 23.6 Å². The van der Waals surface area contributed by atoms with Crippen LogP contribution in [0, 0.1) is 23.1 Å². The number of ether oxygens (including phenoxy) is 1. The molecule has 1 aliphatic carbocycles. The van der Waals surface area contributed by atoms with Crippen LogP contribution in [0.3, 0.4) is 0 Å². The number of halogens is 1. The minimum atomic E-state index is -0.861. The van der Waals surface area contributed by atoms with E-state index in [0.29, 0.717) is 45.3 Å². The molecular formula is C36H55FN4O5. The lowest BCUT2D eigenvalue weighted by Crippen LogP contribution is -2.59. The molecule has 9 nitrogen and oxygen atoms in total. The number of carbonyl (C=O) groups excluding carboxylic acids is 4. The fourth-order valence-electron chi connectivity index (χ4n) is 7.32. The van der Waals surface area contributed by atoms with Crippen molar-refractivity contribution in [2.75, 3.05) is 26.2 Å². The van der Waals surface area contributed by atoms with Crippen molar-refractivity contribution < 1.29 is 28.3 Å². The molecular weight excluding hydrogens is 587 g/mol. The van der Waals surface area contributed by atoms with E-state index in [1.54, 1.807) is 21.9 Å². The summed E-state index contributed by atoms with van der Waals surface area (Å²) in [6.45, 7) is 13.0. The van der Waals surface area contributed by atoms with Crippen molar-refractivity contribution in [3.8, 4) is 0 Å². The summed E-state index contributed by atoms with van der Waals surface area (Å²) in [7, 11) is 0. The van der Waals surface area contributed by atoms with Gasteiger partial charge in [0.15, 0.2) is 0 Å². The molecule has 1 saturated carbocycles. The number of piperidine rings is 2. The third kappa shape index (κ3) is 9.44. The molecule has 0 aromatic heterocycles. The van der Waals surface area contributed by atoms with Gasteiger partial charge in [-0.1, -0.05) is 31.4 Å². The van der Waals surface area contributed by atoms with Crippen LogP contribution in [-0.2, 0) is 25.5 Å². The maximum absolute atomic E-state index is 14.2. The average molecular weight is 643 g/mol. The molecule has 1 aromatic carbocycles. The number of carbonyl (C=O) groups is 4. The Kier molecular flexibility index (Phi) is 11.4. The van der Waals surface area contributed by atoms with Gasteiger partial charge in [-0.15, -0.1) is 0 Å². The van der Waals surface area contributed by atoms with Gasteiger partial charge in [-0.3, -0.25) is 14.4 Å². The summed E-state index contributed by atoms with van der Waals surface area (Å²) in [6.07, 6.45) is 7.65. The van der Waals surface area contributed by atoms with Gasteiger partial charge in [-0.25, -0.2) is 9.18 Å². The molecule has 0 radical (unpaired) electrons. The Bertz CT molecular complexity index is 1220. The zero-order valence-corrected chi connectivity index (χ0v) is 28.8. The van der Waals surface area contributed by atoms with E-state index in [0.717, 1.165) is 31.2 Å². The van der Waals surface area contributed by atoms with Crippen LogP contribution in [-0.4, -0.2) is 77.0 Å². The fourth-order valence-corrected chi connectivity index (χ4v) is 7.32. The summed E-state index contributed by atoms with van der Waals surface area (Å²) in [4.78, 5) is 57.7. The zero-order valence-electron chi connectivity index (χ0n) is 28.8. The SMILES string of the molecule is CC(C)(C)NC(=O)C1(C2CCCCC2)CCN(C(=O)[C@@H](Cc2ccc(F)cc2)NC(=O)[C@@H]2CCCN(C(=O)OC(C)(C)C)C2)CC1. The molecule has 2 atom stereocenters. The Morgan fingerprint density at radius 3 is 2.11 bits per heavy atom. The number of amides is 4. The predicted octanol–water partition coefficient (Wildman–Crippen LogP) is 5.60. The van der Waals surface area contributed by atoms with E-state index in [4.69, 9.17) is 4.74 Å². The molecule has 0 spiro atoms. The average Bonchev–Trinajstić information content (AvgIpc) is 3.00. The lowest BCUT2D eigenvalue weighted by atomic mass is 9.63. The summed E-state index contributed by atoms with van der Waals surface area (Å²) in [5, 5.41) is 6.26. The first-order chi connectivity index (χ1) is 21.6. The van der Waals surface area contributed by atoms with Gasteiger partial charge < -0.3 is 25.2 Å². The quantitative estimate of drug-likeness (QED) is 0.403. The summed E-state index contributed by atoms with van der Waals surface area (Å²) < 4.78 is 19.2. The van der Waals surface area contributed by atoms with E-state index in [-0.39, 0.29) is 48.0 Å². The molecule has 2 aliphatic heterocycles. The van der Waals surface area contributed by atoms with Gasteiger partial charge in [0.1, 0.15) is 17.5 Å². The number of hydrogen-bond donors (Lipinski definition) is 2. The fraction of sp³-hybridized carbons (Fsp3) is 0.722. The van der Waals surface area contributed by atoms with Crippen LogP contribution in [0.15, 0.2) is 24.3 Å². The van der Waals surface area contributed by atoms with Gasteiger partial charge in [0.25, 0.3) is 0 Å². The third-order valence-electron chi connectivity index (χ3n) is 9.71. The number of rotatable bonds is 7. The molecule has 2 N–H and O–H groups in total. The first kappa shape index (κ1) is 35.7. The molecule has 46 heavy (non-hydrogen) atoms. The molecule has 2 saturated heterocycles. The molecule has 4 rings (SSSR count).